The minimum atomic E-state index is -0.601. The van der Waals surface area contributed by atoms with Gasteiger partial charge in [-0.2, -0.15) is 0 Å². The summed E-state index contributed by atoms with van der Waals surface area (Å²) in [7, 11) is 0. The lowest BCUT2D eigenvalue weighted by Gasteiger charge is -2.27. The van der Waals surface area contributed by atoms with E-state index in [4.69, 9.17) is 21.1 Å². The summed E-state index contributed by atoms with van der Waals surface area (Å²) in [6, 6.07) is 17.6. The summed E-state index contributed by atoms with van der Waals surface area (Å²) in [5, 5.41) is 11.0. The first-order chi connectivity index (χ1) is 12.7. The summed E-state index contributed by atoms with van der Waals surface area (Å²) in [6.45, 7) is 3.17. The number of ether oxygens (including phenoxy) is 2. The van der Waals surface area contributed by atoms with Crippen molar-refractivity contribution in [3.05, 3.63) is 65.2 Å². The van der Waals surface area contributed by atoms with E-state index in [9.17, 15) is 5.11 Å². The summed E-state index contributed by atoms with van der Waals surface area (Å²) < 4.78 is 11.5. The number of hydrogen-bond acceptors (Lipinski definition) is 4. The summed E-state index contributed by atoms with van der Waals surface area (Å²) in [5.41, 5.74) is 1.23. The van der Waals surface area contributed by atoms with E-state index in [1.54, 1.807) is 6.07 Å². The van der Waals surface area contributed by atoms with Gasteiger partial charge in [0.2, 0.25) is 0 Å². The molecule has 0 radical (unpaired) electrons. The van der Waals surface area contributed by atoms with E-state index >= 15 is 0 Å². The van der Waals surface area contributed by atoms with Crippen LogP contribution >= 0.6 is 11.6 Å². The number of nitrogens with zero attached hydrogens (tertiary/aromatic N) is 1. The molecule has 2 atom stereocenters. The number of rotatable bonds is 9. The third-order valence-corrected chi connectivity index (χ3v) is 4.78. The molecule has 5 heteroatoms. The third-order valence-electron chi connectivity index (χ3n) is 4.47. The highest BCUT2D eigenvalue weighted by Gasteiger charge is 2.21. The molecule has 1 heterocycles. The van der Waals surface area contributed by atoms with Crippen LogP contribution in [0, 0.1) is 0 Å². The second-order valence-electron chi connectivity index (χ2n) is 6.71. The van der Waals surface area contributed by atoms with Crippen molar-refractivity contribution in [1.82, 2.24) is 4.90 Å². The zero-order valence-electron chi connectivity index (χ0n) is 14.9. The van der Waals surface area contributed by atoms with Crippen LogP contribution < -0.4 is 4.74 Å². The average molecular weight is 376 g/mol. The Balaban J connectivity index is 1.55. The highest BCUT2D eigenvalue weighted by molar-refractivity contribution is 6.32. The number of benzene rings is 2. The molecular weight excluding hydrogens is 350 g/mol. The highest BCUT2D eigenvalue weighted by atomic mass is 35.5. The van der Waals surface area contributed by atoms with Gasteiger partial charge in [-0.05, 0) is 30.5 Å². The lowest BCUT2D eigenvalue weighted by atomic mass is 10.1. The molecule has 0 spiro atoms. The van der Waals surface area contributed by atoms with Crippen LogP contribution in [-0.4, -0.2) is 48.5 Å². The van der Waals surface area contributed by atoms with Gasteiger partial charge in [-0.3, -0.25) is 4.90 Å². The Morgan fingerprint density at radius 1 is 1.15 bits per heavy atom. The van der Waals surface area contributed by atoms with Crippen molar-refractivity contribution in [1.29, 1.82) is 0 Å². The van der Waals surface area contributed by atoms with E-state index in [1.807, 2.05) is 36.4 Å². The Hall–Kier alpha value is -1.59. The summed E-state index contributed by atoms with van der Waals surface area (Å²) >= 11 is 6.10. The maximum Gasteiger partial charge on any atom is 0.138 e. The fraction of sp³-hybridized carbons (Fsp3) is 0.429. The quantitative estimate of drug-likeness (QED) is 0.724. The Morgan fingerprint density at radius 2 is 1.92 bits per heavy atom. The lowest BCUT2D eigenvalue weighted by Crippen LogP contribution is -2.39. The molecule has 0 bridgehead atoms. The maximum absolute atomic E-state index is 10.5. The van der Waals surface area contributed by atoms with Crippen molar-refractivity contribution in [2.45, 2.75) is 31.6 Å². The number of aliphatic hydroxyl groups excluding tert-OH is 1. The largest absolute Gasteiger partial charge is 0.489 e. The molecule has 0 saturated carbocycles. The average Bonchev–Trinajstić information content (AvgIpc) is 3.15. The third kappa shape index (κ3) is 5.99. The molecule has 1 fully saturated rings. The minimum absolute atomic E-state index is 0.209. The first-order valence-electron chi connectivity index (χ1n) is 9.14. The van der Waals surface area contributed by atoms with Crippen molar-refractivity contribution in [3.8, 4) is 5.75 Å². The second kappa shape index (κ2) is 9.93. The van der Waals surface area contributed by atoms with E-state index in [0.29, 0.717) is 17.3 Å². The summed E-state index contributed by atoms with van der Waals surface area (Å²) in [5.74, 6) is 0.599. The van der Waals surface area contributed by atoms with E-state index in [-0.39, 0.29) is 12.7 Å². The normalized spacial score (nSPS) is 18.2. The molecular formula is C21H26ClNO3. The Morgan fingerprint density at radius 3 is 2.65 bits per heavy atom. The van der Waals surface area contributed by atoms with E-state index < -0.39 is 6.10 Å². The van der Waals surface area contributed by atoms with Gasteiger partial charge in [-0.25, -0.2) is 0 Å². The fourth-order valence-corrected chi connectivity index (χ4v) is 3.41. The van der Waals surface area contributed by atoms with Crippen molar-refractivity contribution in [2.24, 2.45) is 0 Å². The minimum Gasteiger partial charge on any atom is -0.489 e. The smallest absolute Gasteiger partial charge is 0.138 e. The van der Waals surface area contributed by atoms with Gasteiger partial charge in [-0.1, -0.05) is 54.1 Å². The van der Waals surface area contributed by atoms with Gasteiger partial charge in [-0.15, -0.1) is 0 Å². The summed E-state index contributed by atoms with van der Waals surface area (Å²) in [6.07, 6.45) is 1.84. The number of aliphatic hydroxyl groups is 1. The molecule has 2 aromatic carbocycles. The Labute approximate surface area is 160 Å². The van der Waals surface area contributed by atoms with Crippen LogP contribution in [-0.2, 0) is 11.3 Å². The molecule has 0 amide bonds. The van der Waals surface area contributed by atoms with Gasteiger partial charge in [0, 0.05) is 26.2 Å². The molecule has 140 valence electrons. The van der Waals surface area contributed by atoms with Gasteiger partial charge in [0.1, 0.15) is 18.5 Å². The number of para-hydroxylation sites is 1. The number of halogens is 1. The first-order valence-corrected chi connectivity index (χ1v) is 9.52. The molecule has 0 aliphatic carbocycles. The predicted octanol–water partition coefficient (Wildman–Crippen LogP) is 3.76. The first kappa shape index (κ1) is 19.2. The van der Waals surface area contributed by atoms with Gasteiger partial charge < -0.3 is 14.6 Å². The molecule has 3 rings (SSSR count). The predicted molar refractivity (Wildman–Crippen MR) is 104 cm³/mol. The fourth-order valence-electron chi connectivity index (χ4n) is 3.22. The van der Waals surface area contributed by atoms with Crippen LogP contribution in [0.1, 0.15) is 18.4 Å². The van der Waals surface area contributed by atoms with Crippen LogP contribution in [0.5, 0.6) is 5.75 Å². The number of hydrogen-bond donors (Lipinski definition) is 1. The van der Waals surface area contributed by atoms with Crippen molar-refractivity contribution in [3.63, 3.8) is 0 Å². The van der Waals surface area contributed by atoms with Crippen LogP contribution in [0.3, 0.4) is 0 Å². The zero-order chi connectivity index (χ0) is 18.2. The molecule has 2 unspecified atom stereocenters. The zero-order valence-corrected chi connectivity index (χ0v) is 15.6. The van der Waals surface area contributed by atoms with E-state index in [1.165, 1.54) is 5.56 Å². The molecule has 2 aromatic rings. The highest BCUT2D eigenvalue weighted by Crippen LogP contribution is 2.23. The van der Waals surface area contributed by atoms with Crippen LogP contribution in [0.15, 0.2) is 54.6 Å². The van der Waals surface area contributed by atoms with E-state index in [0.717, 1.165) is 32.5 Å². The van der Waals surface area contributed by atoms with Crippen molar-refractivity contribution >= 4 is 11.6 Å². The van der Waals surface area contributed by atoms with Crippen molar-refractivity contribution < 1.29 is 14.6 Å². The van der Waals surface area contributed by atoms with Gasteiger partial charge in [0.15, 0.2) is 0 Å². The Kier molecular flexibility index (Phi) is 7.32. The van der Waals surface area contributed by atoms with Crippen molar-refractivity contribution in [2.75, 3.05) is 26.3 Å². The Bertz CT molecular complexity index is 661. The molecule has 26 heavy (non-hydrogen) atoms. The van der Waals surface area contributed by atoms with Crippen LogP contribution in [0.2, 0.25) is 5.02 Å². The lowest BCUT2D eigenvalue weighted by molar-refractivity contribution is 0.0314. The SMILES string of the molecule is OC(COc1ccccc1Cl)CN(Cc1ccccc1)CC1CCCO1. The molecule has 1 N–H and O–H groups in total. The molecule has 0 aromatic heterocycles. The second-order valence-corrected chi connectivity index (χ2v) is 7.12. The van der Waals surface area contributed by atoms with E-state index in [2.05, 4.69) is 17.0 Å². The maximum atomic E-state index is 10.5. The van der Waals surface area contributed by atoms with Crippen LogP contribution in [0.25, 0.3) is 0 Å². The van der Waals surface area contributed by atoms with Gasteiger partial charge in [0.05, 0.1) is 11.1 Å². The topological polar surface area (TPSA) is 41.9 Å². The monoisotopic (exact) mass is 375 g/mol. The standard InChI is InChI=1S/C21H26ClNO3/c22-20-10-4-5-11-21(20)26-16-18(24)14-23(15-19-9-6-12-25-19)13-17-7-2-1-3-8-17/h1-5,7-8,10-11,18-19,24H,6,9,12-16H2. The molecule has 1 aliphatic rings. The molecule has 1 aliphatic heterocycles. The molecule has 4 nitrogen and oxygen atoms in total. The van der Waals surface area contributed by atoms with Gasteiger partial charge in [0.25, 0.3) is 0 Å². The summed E-state index contributed by atoms with van der Waals surface area (Å²) in [4.78, 5) is 2.24. The molecule has 1 saturated heterocycles. The van der Waals surface area contributed by atoms with Crippen LogP contribution in [0.4, 0.5) is 0 Å². The van der Waals surface area contributed by atoms with Gasteiger partial charge >= 0.3 is 0 Å².